The van der Waals surface area contributed by atoms with Crippen LogP contribution in [0.15, 0.2) is 48.0 Å². The molecular formula is C31H32N2O7S. The average Bonchev–Trinajstić information content (AvgIpc) is 3.60. The summed E-state index contributed by atoms with van der Waals surface area (Å²) in [5.74, 6) is -1.24. The molecule has 2 atom stereocenters. The highest BCUT2D eigenvalue weighted by atomic mass is 32.1. The number of fused-ring (bicyclic) bond motifs is 1. The summed E-state index contributed by atoms with van der Waals surface area (Å²) in [4.78, 5) is 45.7. The van der Waals surface area contributed by atoms with Crippen molar-refractivity contribution in [2.45, 2.75) is 59.1 Å². The first kappa shape index (κ1) is 28.4. The van der Waals surface area contributed by atoms with Crippen LogP contribution in [-0.4, -0.2) is 47.1 Å². The van der Waals surface area contributed by atoms with Crippen molar-refractivity contribution in [3.05, 3.63) is 75.3 Å². The van der Waals surface area contributed by atoms with Crippen LogP contribution in [0.2, 0.25) is 0 Å². The Morgan fingerprint density at radius 1 is 1.20 bits per heavy atom. The summed E-state index contributed by atoms with van der Waals surface area (Å²) in [6, 6.07) is 11.3. The van der Waals surface area contributed by atoms with Crippen molar-refractivity contribution in [3.8, 4) is 11.5 Å². The first-order chi connectivity index (χ1) is 19.7. The Hall–Kier alpha value is -4.18. The van der Waals surface area contributed by atoms with Crippen LogP contribution >= 0.6 is 11.3 Å². The van der Waals surface area contributed by atoms with E-state index in [0.29, 0.717) is 35.6 Å². The number of carbonyl (C=O) groups excluding carboxylic acids is 3. The van der Waals surface area contributed by atoms with Crippen LogP contribution in [0.5, 0.6) is 11.5 Å². The third-order valence-electron chi connectivity index (χ3n) is 7.01. The summed E-state index contributed by atoms with van der Waals surface area (Å²) in [5, 5.41) is 11.7. The monoisotopic (exact) mass is 576 g/mol. The maximum absolute atomic E-state index is 13.6. The number of thiazole rings is 1. The maximum atomic E-state index is 13.6. The molecule has 1 saturated heterocycles. The van der Waals surface area contributed by atoms with Gasteiger partial charge in [-0.05, 0) is 68.7 Å². The number of hydrogen-bond acceptors (Lipinski definition) is 9. The molecule has 214 valence electrons. The Morgan fingerprint density at radius 2 is 2.00 bits per heavy atom. The second kappa shape index (κ2) is 11.7. The Labute approximate surface area is 242 Å². The number of carbonyl (C=O) groups is 3. The Morgan fingerprint density at radius 3 is 2.76 bits per heavy atom. The van der Waals surface area contributed by atoms with Gasteiger partial charge in [0.25, 0.3) is 5.78 Å². The third-order valence-corrected chi connectivity index (χ3v) is 8.14. The van der Waals surface area contributed by atoms with E-state index in [4.69, 9.17) is 14.2 Å². The highest BCUT2D eigenvalue weighted by molar-refractivity contribution is 7.17. The maximum Gasteiger partial charge on any atom is 0.350 e. The molecule has 0 unspecified atom stereocenters. The fourth-order valence-corrected chi connectivity index (χ4v) is 6.04. The van der Waals surface area contributed by atoms with Crippen molar-refractivity contribution >= 4 is 39.9 Å². The molecule has 0 saturated carbocycles. The first-order valence-corrected chi connectivity index (χ1v) is 14.5. The number of benzene rings is 2. The van der Waals surface area contributed by atoms with Gasteiger partial charge in [0.2, 0.25) is 0 Å². The lowest BCUT2D eigenvalue weighted by Crippen LogP contribution is -2.29. The molecule has 1 amide bonds. The van der Waals surface area contributed by atoms with Gasteiger partial charge in [-0.2, -0.15) is 0 Å². The average molecular weight is 577 g/mol. The van der Waals surface area contributed by atoms with Crippen molar-refractivity contribution in [1.82, 2.24) is 4.98 Å². The zero-order chi connectivity index (χ0) is 29.3. The zero-order valence-corrected chi connectivity index (χ0v) is 24.2. The molecule has 10 heteroatoms. The third kappa shape index (κ3) is 5.44. The number of hydrogen-bond donors (Lipinski definition) is 1. The number of nitrogens with zero attached hydrogens (tertiary/aromatic N) is 2. The molecule has 2 aliphatic heterocycles. The van der Waals surface area contributed by atoms with Crippen molar-refractivity contribution in [2.24, 2.45) is 0 Å². The molecule has 9 nitrogen and oxygen atoms in total. The molecule has 0 aliphatic carbocycles. The highest BCUT2D eigenvalue weighted by Gasteiger charge is 2.48. The SMILES string of the molecule is CCCCOc1cccc([C@@H]2C(=C(O)c3ccc4c(c3)C[C@H](C)O4)C(=O)C(=O)N2c2nc(C)c(C(=O)OCC)s2)c1. The van der Waals surface area contributed by atoms with Gasteiger partial charge in [-0.25, -0.2) is 9.78 Å². The number of aromatic nitrogens is 1. The number of ether oxygens (including phenoxy) is 3. The molecule has 41 heavy (non-hydrogen) atoms. The number of aryl methyl sites for hydroxylation is 1. The number of unbranched alkanes of at least 4 members (excludes halogenated alkanes) is 1. The van der Waals surface area contributed by atoms with Crippen LogP contribution in [0.3, 0.4) is 0 Å². The van der Waals surface area contributed by atoms with Crippen LogP contribution in [0, 0.1) is 6.92 Å². The minimum atomic E-state index is -1.01. The molecule has 2 aromatic carbocycles. The van der Waals surface area contributed by atoms with Gasteiger partial charge < -0.3 is 19.3 Å². The van der Waals surface area contributed by atoms with Crippen molar-refractivity contribution < 1.29 is 33.7 Å². The number of Topliss-reactive ketones (excluding diaryl/α,β-unsaturated/α-hetero) is 1. The van der Waals surface area contributed by atoms with E-state index < -0.39 is 23.7 Å². The Balaban J connectivity index is 1.64. The number of anilines is 1. The summed E-state index contributed by atoms with van der Waals surface area (Å²) >= 11 is 0.971. The van der Waals surface area contributed by atoms with E-state index in [2.05, 4.69) is 11.9 Å². The fourth-order valence-electron chi connectivity index (χ4n) is 5.05. The molecular weight excluding hydrogens is 544 g/mol. The molecule has 5 rings (SSSR count). The number of aliphatic hydroxyl groups is 1. The Kier molecular flexibility index (Phi) is 8.12. The van der Waals surface area contributed by atoms with E-state index in [1.807, 2.05) is 6.92 Å². The van der Waals surface area contributed by atoms with Crippen molar-refractivity contribution in [2.75, 3.05) is 18.1 Å². The molecule has 0 radical (unpaired) electrons. The van der Waals surface area contributed by atoms with Crippen molar-refractivity contribution in [3.63, 3.8) is 0 Å². The lowest BCUT2D eigenvalue weighted by atomic mass is 9.94. The van der Waals surface area contributed by atoms with Gasteiger partial charge in [-0.3, -0.25) is 14.5 Å². The largest absolute Gasteiger partial charge is 0.507 e. The number of rotatable bonds is 9. The summed E-state index contributed by atoms with van der Waals surface area (Å²) in [6.07, 6.45) is 2.51. The van der Waals surface area contributed by atoms with Crippen LogP contribution in [-0.2, 0) is 20.7 Å². The van der Waals surface area contributed by atoms with E-state index in [0.717, 1.165) is 35.5 Å². The minimum Gasteiger partial charge on any atom is -0.507 e. The normalized spacial score (nSPS) is 19.3. The Bertz CT molecular complexity index is 1540. The van der Waals surface area contributed by atoms with E-state index in [1.54, 1.807) is 56.3 Å². The lowest BCUT2D eigenvalue weighted by molar-refractivity contribution is -0.132. The molecule has 1 fully saturated rings. The number of esters is 1. The first-order valence-electron chi connectivity index (χ1n) is 13.7. The van der Waals surface area contributed by atoms with Gasteiger partial charge in [-0.15, -0.1) is 0 Å². The molecule has 2 aliphatic rings. The topological polar surface area (TPSA) is 115 Å². The molecule has 1 N–H and O–H groups in total. The number of ketones is 1. The van der Waals surface area contributed by atoms with E-state index in [1.165, 1.54) is 4.90 Å². The predicted octanol–water partition coefficient (Wildman–Crippen LogP) is 5.76. The van der Waals surface area contributed by atoms with Crippen molar-refractivity contribution in [1.29, 1.82) is 0 Å². The van der Waals surface area contributed by atoms with Gasteiger partial charge in [0, 0.05) is 12.0 Å². The van der Waals surface area contributed by atoms with Crippen LogP contribution in [0.25, 0.3) is 5.76 Å². The number of amides is 1. The van der Waals surface area contributed by atoms with Gasteiger partial charge in [-0.1, -0.05) is 36.8 Å². The smallest absolute Gasteiger partial charge is 0.350 e. The van der Waals surface area contributed by atoms with Gasteiger partial charge in [0.05, 0.1) is 30.5 Å². The zero-order valence-electron chi connectivity index (χ0n) is 23.4. The highest BCUT2D eigenvalue weighted by Crippen LogP contribution is 2.45. The standard InChI is InChI=1S/C31H32N2O7S/c1-5-7-13-39-22-10-8-9-19(16-22)25-24(26(34)20-11-12-23-21(15-20)14-17(3)40-23)27(35)29(36)33(25)31-32-18(4)28(41-31)30(37)38-6-2/h8-12,15-17,25,34H,5-7,13-14H2,1-4H3/t17-,25+/m0/s1. The summed E-state index contributed by atoms with van der Waals surface area (Å²) in [5.41, 5.74) is 2.19. The minimum absolute atomic E-state index is 0.00478. The predicted molar refractivity (Wildman–Crippen MR) is 155 cm³/mol. The molecule has 1 aromatic heterocycles. The lowest BCUT2D eigenvalue weighted by Gasteiger charge is -2.23. The van der Waals surface area contributed by atoms with E-state index >= 15 is 0 Å². The van der Waals surface area contributed by atoms with E-state index in [9.17, 15) is 19.5 Å². The molecule has 0 spiro atoms. The second-order valence-electron chi connectivity index (χ2n) is 10.0. The second-order valence-corrected chi connectivity index (χ2v) is 11.0. The molecule has 3 heterocycles. The summed E-state index contributed by atoms with van der Waals surface area (Å²) < 4.78 is 16.9. The van der Waals surface area contributed by atoms with Gasteiger partial charge in [0.1, 0.15) is 28.2 Å². The summed E-state index contributed by atoms with van der Waals surface area (Å²) in [7, 11) is 0. The number of aliphatic hydroxyl groups excluding tert-OH is 1. The van der Waals surface area contributed by atoms with Crippen LogP contribution in [0.1, 0.15) is 71.7 Å². The quantitative estimate of drug-likeness (QED) is 0.112. The van der Waals surface area contributed by atoms with Crippen LogP contribution in [0.4, 0.5) is 5.13 Å². The molecule has 0 bridgehead atoms. The van der Waals surface area contributed by atoms with Gasteiger partial charge >= 0.3 is 11.9 Å². The molecule has 3 aromatic rings. The van der Waals surface area contributed by atoms with Gasteiger partial charge in [0.15, 0.2) is 5.13 Å². The van der Waals surface area contributed by atoms with Crippen LogP contribution < -0.4 is 14.4 Å². The summed E-state index contributed by atoms with van der Waals surface area (Å²) in [6.45, 7) is 8.08. The fraction of sp³-hybridized carbons (Fsp3) is 0.355. The van der Waals surface area contributed by atoms with E-state index in [-0.39, 0.29) is 34.1 Å².